The Bertz CT molecular complexity index is 738. The highest BCUT2D eigenvalue weighted by molar-refractivity contribution is 7.98. The van der Waals surface area contributed by atoms with Crippen LogP contribution < -0.4 is 5.73 Å². The van der Waals surface area contributed by atoms with Crippen molar-refractivity contribution in [2.45, 2.75) is 17.6 Å². The zero-order valence-electron chi connectivity index (χ0n) is 11.6. The minimum atomic E-state index is 0.838. The lowest BCUT2D eigenvalue weighted by atomic mass is 10.2. The van der Waals surface area contributed by atoms with Crippen molar-refractivity contribution in [3.8, 4) is 10.7 Å². The molecule has 2 N–H and O–H groups in total. The van der Waals surface area contributed by atoms with E-state index in [0.717, 1.165) is 33.4 Å². The van der Waals surface area contributed by atoms with Gasteiger partial charge in [0, 0.05) is 27.9 Å². The number of aromatic nitrogens is 2. The van der Waals surface area contributed by atoms with E-state index in [9.17, 15) is 0 Å². The molecule has 21 heavy (non-hydrogen) atoms. The van der Waals surface area contributed by atoms with E-state index < -0.39 is 0 Å². The molecule has 5 heteroatoms. The molecular weight excluding hydrogens is 298 g/mol. The maximum atomic E-state index is 5.84. The number of anilines is 1. The summed E-state index contributed by atoms with van der Waals surface area (Å²) < 4.78 is 0. The van der Waals surface area contributed by atoms with E-state index in [1.807, 2.05) is 31.2 Å². The fourth-order valence-corrected chi connectivity index (χ4v) is 3.66. The highest BCUT2D eigenvalue weighted by atomic mass is 32.2. The third kappa shape index (κ3) is 3.43. The molecule has 0 atom stereocenters. The van der Waals surface area contributed by atoms with E-state index in [1.165, 1.54) is 4.90 Å². The highest BCUT2D eigenvalue weighted by Crippen LogP contribution is 2.28. The van der Waals surface area contributed by atoms with Crippen LogP contribution in [0.2, 0.25) is 0 Å². The monoisotopic (exact) mass is 313 g/mol. The molecule has 0 radical (unpaired) electrons. The first-order chi connectivity index (χ1) is 10.2. The standard InChI is InChI=1S/C16H15N3S2/c1-11-8-13(5-6-14(11)17)20-9-12-10-21-16(19-12)15-4-2-3-7-18-15/h2-8,10H,9,17H2,1H3. The fourth-order valence-electron chi connectivity index (χ4n) is 1.88. The summed E-state index contributed by atoms with van der Waals surface area (Å²) in [6.45, 7) is 2.03. The van der Waals surface area contributed by atoms with E-state index in [1.54, 1.807) is 29.3 Å². The summed E-state index contributed by atoms with van der Waals surface area (Å²) in [7, 11) is 0. The molecule has 0 aliphatic rings. The molecule has 3 rings (SSSR count). The Balaban J connectivity index is 1.69. The van der Waals surface area contributed by atoms with Gasteiger partial charge in [0.05, 0.1) is 11.4 Å². The highest BCUT2D eigenvalue weighted by Gasteiger charge is 2.06. The van der Waals surface area contributed by atoms with E-state index in [-0.39, 0.29) is 0 Å². The minimum Gasteiger partial charge on any atom is -0.399 e. The number of thiazole rings is 1. The summed E-state index contributed by atoms with van der Waals surface area (Å²) in [6, 6.07) is 12.0. The molecular formula is C16H15N3S2. The summed E-state index contributed by atoms with van der Waals surface area (Å²) >= 11 is 3.41. The lowest BCUT2D eigenvalue weighted by molar-refractivity contribution is 1.21. The number of benzene rings is 1. The van der Waals surface area contributed by atoms with Crippen LogP contribution in [0.4, 0.5) is 5.69 Å². The molecule has 0 fully saturated rings. The lowest BCUT2D eigenvalue weighted by Gasteiger charge is -2.03. The largest absolute Gasteiger partial charge is 0.399 e. The molecule has 0 unspecified atom stereocenters. The molecule has 3 aromatic rings. The lowest BCUT2D eigenvalue weighted by Crippen LogP contribution is -1.89. The Kier molecular flexibility index (Phi) is 4.22. The molecule has 3 nitrogen and oxygen atoms in total. The fraction of sp³-hybridized carbons (Fsp3) is 0.125. The predicted octanol–water partition coefficient (Wildman–Crippen LogP) is 4.39. The maximum absolute atomic E-state index is 5.84. The molecule has 0 saturated heterocycles. The van der Waals surface area contributed by atoms with Gasteiger partial charge in [0.2, 0.25) is 0 Å². The molecule has 0 saturated carbocycles. The molecule has 106 valence electrons. The Morgan fingerprint density at radius 2 is 2.14 bits per heavy atom. The minimum absolute atomic E-state index is 0.838. The van der Waals surface area contributed by atoms with Gasteiger partial charge < -0.3 is 5.73 Å². The van der Waals surface area contributed by atoms with Crippen molar-refractivity contribution in [1.29, 1.82) is 0 Å². The van der Waals surface area contributed by atoms with E-state index >= 15 is 0 Å². The second-order valence-corrected chi connectivity index (χ2v) is 6.57. The number of rotatable bonds is 4. The average molecular weight is 313 g/mol. The molecule has 0 aliphatic carbocycles. The zero-order valence-corrected chi connectivity index (χ0v) is 13.2. The number of nitrogens with two attached hydrogens (primary N) is 1. The molecule has 2 aromatic heterocycles. The molecule has 0 spiro atoms. The van der Waals surface area contributed by atoms with Gasteiger partial charge in [-0.05, 0) is 42.8 Å². The van der Waals surface area contributed by atoms with Gasteiger partial charge in [-0.1, -0.05) is 6.07 Å². The van der Waals surface area contributed by atoms with Gasteiger partial charge in [-0.2, -0.15) is 0 Å². The topological polar surface area (TPSA) is 51.8 Å². The van der Waals surface area contributed by atoms with Gasteiger partial charge in [-0.3, -0.25) is 4.98 Å². The van der Waals surface area contributed by atoms with E-state index in [2.05, 4.69) is 27.5 Å². The van der Waals surface area contributed by atoms with Crippen LogP contribution in [-0.4, -0.2) is 9.97 Å². The van der Waals surface area contributed by atoms with Gasteiger partial charge in [0.15, 0.2) is 0 Å². The van der Waals surface area contributed by atoms with Crippen LogP contribution in [0.5, 0.6) is 0 Å². The van der Waals surface area contributed by atoms with Crippen LogP contribution in [-0.2, 0) is 5.75 Å². The number of hydrogen-bond donors (Lipinski definition) is 1. The quantitative estimate of drug-likeness (QED) is 0.573. The number of thioether (sulfide) groups is 1. The van der Waals surface area contributed by atoms with E-state index in [0.29, 0.717) is 0 Å². The first kappa shape index (κ1) is 14.1. The normalized spacial score (nSPS) is 10.7. The summed E-state index contributed by atoms with van der Waals surface area (Å²) in [5.41, 5.74) is 9.81. The van der Waals surface area contributed by atoms with Crippen molar-refractivity contribution >= 4 is 28.8 Å². The Morgan fingerprint density at radius 1 is 1.24 bits per heavy atom. The van der Waals surface area contributed by atoms with Crippen LogP contribution in [0.25, 0.3) is 10.7 Å². The number of hydrogen-bond acceptors (Lipinski definition) is 5. The molecule has 0 aliphatic heterocycles. The average Bonchev–Trinajstić information content (AvgIpc) is 2.98. The zero-order chi connectivity index (χ0) is 14.7. The number of pyridine rings is 1. The summed E-state index contributed by atoms with van der Waals surface area (Å²) in [5.74, 6) is 0.854. The second-order valence-electron chi connectivity index (χ2n) is 4.67. The van der Waals surface area contributed by atoms with Crippen LogP contribution in [0, 0.1) is 6.92 Å². The van der Waals surface area contributed by atoms with Crippen LogP contribution in [0.3, 0.4) is 0 Å². The molecule has 1 aromatic carbocycles. The maximum Gasteiger partial charge on any atom is 0.142 e. The van der Waals surface area contributed by atoms with Crippen molar-refractivity contribution in [1.82, 2.24) is 9.97 Å². The van der Waals surface area contributed by atoms with Gasteiger partial charge in [0.1, 0.15) is 5.01 Å². The van der Waals surface area contributed by atoms with Crippen molar-refractivity contribution in [2.75, 3.05) is 5.73 Å². The first-order valence-corrected chi connectivity index (χ1v) is 8.43. The Morgan fingerprint density at radius 3 is 2.90 bits per heavy atom. The smallest absolute Gasteiger partial charge is 0.142 e. The van der Waals surface area contributed by atoms with Crippen molar-refractivity contribution < 1.29 is 0 Å². The molecule has 0 bridgehead atoms. The second kappa shape index (κ2) is 6.28. The summed E-state index contributed by atoms with van der Waals surface area (Å²) in [5, 5.41) is 3.07. The number of aryl methyl sites for hydroxylation is 1. The SMILES string of the molecule is Cc1cc(SCc2csc(-c3ccccn3)n2)ccc1N. The van der Waals surface area contributed by atoms with Gasteiger partial charge in [-0.25, -0.2) is 4.98 Å². The Hall–Kier alpha value is -1.85. The van der Waals surface area contributed by atoms with Gasteiger partial charge >= 0.3 is 0 Å². The molecule has 0 amide bonds. The Labute approximate surface area is 132 Å². The van der Waals surface area contributed by atoms with Crippen LogP contribution in [0.1, 0.15) is 11.3 Å². The van der Waals surface area contributed by atoms with Gasteiger partial charge in [-0.15, -0.1) is 23.1 Å². The van der Waals surface area contributed by atoms with Crippen molar-refractivity contribution in [3.63, 3.8) is 0 Å². The van der Waals surface area contributed by atoms with Crippen molar-refractivity contribution in [3.05, 3.63) is 59.2 Å². The van der Waals surface area contributed by atoms with Crippen LogP contribution in [0.15, 0.2) is 52.9 Å². The number of nitrogen functional groups attached to an aromatic ring is 1. The summed E-state index contributed by atoms with van der Waals surface area (Å²) in [6.07, 6.45) is 1.79. The third-order valence-electron chi connectivity index (χ3n) is 3.06. The van der Waals surface area contributed by atoms with Crippen LogP contribution >= 0.6 is 23.1 Å². The summed E-state index contributed by atoms with van der Waals surface area (Å²) in [4.78, 5) is 10.2. The van der Waals surface area contributed by atoms with E-state index in [4.69, 9.17) is 5.73 Å². The third-order valence-corrected chi connectivity index (χ3v) is 5.00. The number of nitrogens with zero attached hydrogens (tertiary/aromatic N) is 2. The van der Waals surface area contributed by atoms with Gasteiger partial charge in [0.25, 0.3) is 0 Å². The predicted molar refractivity (Wildman–Crippen MR) is 90.5 cm³/mol. The van der Waals surface area contributed by atoms with Crippen molar-refractivity contribution in [2.24, 2.45) is 0 Å². The first-order valence-electron chi connectivity index (χ1n) is 6.57. The molecule has 2 heterocycles.